The molecular weight excluding hydrogens is 479 g/mol. The second kappa shape index (κ2) is 9.69. The predicted octanol–water partition coefficient (Wildman–Crippen LogP) is 2.94. The molecule has 4 N–H and O–H groups in total. The van der Waals surface area contributed by atoms with Crippen molar-refractivity contribution < 1.29 is 51.9 Å². The lowest BCUT2D eigenvalue weighted by molar-refractivity contribution is -0.231. The molecule has 0 unspecified atom stereocenters. The summed E-state index contributed by atoms with van der Waals surface area (Å²) in [6.45, 7) is -2.27. The Morgan fingerprint density at radius 1 is 0.909 bits per heavy atom. The Labute approximate surface area is 189 Å². The van der Waals surface area contributed by atoms with Gasteiger partial charge in [0.2, 0.25) is 0 Å². The first-order valence-electron chi connectivity index (χ1n) is 9.63. The lowest BCUT2D eigenvalue weighted by Crippen LogP contribution is -2.55. The number of aliphatic hydroxyl groups is 4. The molecule has 33 heavy (non-hydrogen) atoms. The minimum atomic E-state index is -4.58. The van der Waals surface area contributed by atoms with E-state index in [-0.39, 0.29) is 16.3 Å². The summed E-state index contributed by atoms with van der Waals surface area (Å²) in [6, 6.07) is 7.06. The fraction of sp³-hybridized carbons (Fsp3) is 0.429. The van der Waals surface area contributed by atoms with Gasteiger partial charge in [-0.25, -0.2) is 0 Å². The first-order chi connectivity index (χ1) is 15.3. The van der Waals surface area contributed by atoms with Crippen molar-refractivity contribution in [1.29, 1.82) is 0 Å². The number of rotatable bonds is 6. The van der Waals surface area contributed by atoms with Gasteiger partial charge in [-0.15, -0.1) is 0 Å². The molecule has 0 aromatic heterocycles. The molecule has 1 aliphatic rings. The van der Waals surface area contributed by atoms with Crippen LogP contribution in [-0.2, 0) is 10.7 Å². The normalized spacial score (nSPS) is 26.3. The highest BCUT2D eigenvalue weighted by molar-refractivity contribution is 6.31. The summed E-state index contributed by atoms with van der Waals surface area (Å²) in [5.41, 5.74) is -1.28. The van der Waals surface area contributed by atoms with Crippen LogP contribution in [0.4, 0.5) is 22.0 Å². The Kier molecular flexibility index (Phi) is 7.52. The molecule has 12 heteroatoms. The minimum Gasteiger partial charge on any atom is -0.484 e. The molecule has 1 fully saturated rings. The van der Waals surface area contributed by atoms with Crippen LogP contribution in [0, 0.1) is 0 Å². The van der Waals surface area contributed by atoms with Crippen LogP contribution in [0.25, 0.3) is 0 Å². The third-order valence-corrected chi connectivity index (χ3v) is 5.50. The van der Waals surface area contributed by atoms with Crippen molar-refractivity contribution in [3.63, 3.8) is 0 Å². The fourth-order valence-electron chi connectivity index (χ4n) is 3.42. The number of ether oxygens (including phenoxy) is 2. The first-order valence-corrected chi connectivity index (χ1v) is 10.0. The molecule has 0 spiro atoms. The summed E-state index contributed by atoms with van der Waals surface area (Å²) in [7, 11) is 0. The molecular formula is C21H20ClF5O6. The van der Waals surface area contributed by atoms with Crippen LogP contribution in [0.2, 0.25) is 5.02 Å². The lowest BCUT2D eigenvalue weighted by Gasteiger charge is -2.40. The second-order valence-electron chi connectivity index (χ2n) is 7.49. The van der Waals surface area contributed by atoms with Crippen molar-refractivity contribution in [2.24, 2.45) is 0 Å². The molecule has 3 rings (SSSR count). The van der Waals surface area contributed by atoms with E-state index in [9.17, 15) is 33.6 Å². The zero-order valence-electron chi connectivity index (χ0n) is 16.7. The van der Waals surface area contributed by atoms with E-state index in [1.165, 1.54) is 6.07 Å². The highest BCUT2D eigenvalue weighted by atomic mass is 35.5. The molecule has 2 aromatic rings. The monoisotopic (exact) mass is 498 g/mol. The summed E-state index contributed by atoms with van der Waals surface area (Å²) in [5, 5.41) is 39.1. The molecule has 0 aliphatic carbocycles. The maximum absolute atomic E-state index is 15.2. The number of halogens is 6. The second-order valence-corrected chi connectivity index (χ2v) is 7.90. The Morgan fingerprint density at radius 3 is 2.12 bits per heavy atom. The van der Waals surface area contributed by atoms with Crippen LogP contribution in [0.1, 0.15) is 22.8 Å². The molecule has 182 valence electrons. The number of alkyl halides is 5. The molecule has 6 nitrogen and oxygen atoms in total. The van der Waals surface area contributed by atoms with Gasteiger partial charge in [0.15, 0.2) is 6.61 Å². The molecule has 1 saturated heterocycles. The average Bonchev–Trinajstić information content (AvgIpc) is 2.76. The van der Waals surface area contributed by atoms with Crippen molar-refractivity contribution in [2.75, 3.05) is 13.2 Å². The average molecular weight is 499 g/mol. The summed E-state index contributed by atoms with van der Waals surface area (Å²) < 4.78 is 77.2. The van der Waals surface area contributed by atoms with E-state index < -0.39 is 67.0 Å². The van der Waals surface area contributed by atoms with Crippen LogP contribution in [0.15, 0.2) is 42.5 Å². The van der Waals surface area contributed by atoms with E-state index in [1.807, 2.05) is 0 Å². The van der Waals surface area contributed by atoms with E-state index in [0.29, 0.717) is 0 Å². The molecule has 1 heterocycles. The Balaban J connectivity index is 1.89. The van der Waals surface area contributed by atoms with Crippen LogP contribution >= 0.6 is 11.6 Å². The third-order valence-electron chi connectivity index (χ3n) is 5.17. The van der Waals surface area contributed by atoms with Gasteiger partial charge in [-0.3, -0.25) is 0 Å². The summed E-state index contributed by atoms with van der Waals surface area (Å²) in [6.07, 6.45) is -12.2. The van der Waals surface area contributed by atoms with Crippen molar-refractivity contribution in [3.05, 3.63) is 64.2 Å². The van der Waals surface area contributed by atoms with Gasteiger partial charge in [0, 0.05) is 11.1 Å². The standard InChI is InChI=1S/C21H20ClF5O6/c22-14-6-1-10(19-18(31)17(30)16(29)15(8-28)33-19)7-13(14)21(26,27)11-2-4-12(5-3-11)32-9-20(23,24)25/h1-7,15-19,28-31H,8-9H2/t15-,16-,17+,18-,19+/m1/s1. The van der Waals surface area contributed by atoms with Crippen LogP contribution in [0.3, 0.4) is 0 Å². The molecule has 0 bridgehead atoms. The van der Waals surface area contributed by atoms with Gasteiger partial charge in [-0.1, -0.05) is 17.7 Å². The molecule has 2 aromatic carbocycles. The van der Waals surface area contributed by atoms with Gasteiger partial charge in [0.1, 0.15) is 36.3 Å². The van der Waals surface area contributed by atoms with Gasteiger partial charge in [-0.2, -0.15) is 22.0 Å². The highest BCUT2D eigenvalue weighted by Crippen LogP contribution is 2.42. The van der Waals surface area contributed by atoms with Gasteiger partial charge in [0.25, 0.3) is 5.92 Å². The maximum atomic E-state index is 15.2. The topological polar surface area (TPSA) is 99.4 Å². The summed E-state index contributed by atoms with van der Waals surface area (Å²) >= 11 is 5.98. The maximum Gasteiger partial charge on any atom is 0.422 e. The smallest absolute Gasteiger partial charge is 0.422 e. The number of benzene rings is 2. The zero-order valence-corrected chi connectivity index (χ0v) is 17.5. The van der Waals surface area contributed by atoms with Crippen LogP contribution in [0.5, 0.6) is 5.75 Å². The predicted molar refractivity (Wildman–Crippen MR) is 105 cm³/mol. The first kappa shape index (κ1) is 25.6. The molecule has 0 saturated carbocycles. The Bertz CT molecular complexity index is 953. The Hall–Kier alpha value is -2.02. The van der Waals surface area contributed by atoms with Gasteiger partial charge in [0.05, 0.1) is 11.6 Å². The molecule has 1 aliphatic heterocycles. The highest BCUT2D eigenvalue weighted by Gasteiger charge is 2.45. The van der Waals surface area contributed by atoms with Crippen molar-refractivity contribution >= 4 is 11.6 Å². The number of hydrogen-bond donors (Lipinski definition) is 4. The van der Waals surface area contributed by atoms with Gasteiger partial charge in [-0.05, 0) is 42.0 Å². The molecule has 0 radical (unpaired) electrons. The number of hydrogen-bond acceptors (Lipinski definition) is 6. The molecule has 0 amide bonds. The summed E-state index contributed by atoms with van der Waals surface area (Å²) in [5.74, 6) is -3.96. The lowest BCUT2D eigenvalue weighted by atomic mass is 9.89. The third kappa shape index (κ3) is 5.56. The largest absolute Gasteiger partial charge is 0.484 e. The quantitative estimate of drug-likeness (QED) is 0.457. The van der Waals surface area contributed by atoms with Crippen molar-refractivity contribution in [1.82, 2.24) is 0 Å². The van der Waals surface area contributed by atoms with Crippen molar-refractivity contribution in [2.45, 2.75) is 42.6 Å². The van der Waals surface area contributed by atoms with E-state index >= 15 is 8.78 Å². The van der Waals surface area contributed by atoms with E-state index in [4.69, 9.17) is 16.3 Å². The van der Waals surface area contributed by atoms with Gasteiger partial charge < -0.3 is 29.9 Å². The fourth-order valence-corrected chi connectivity index (χ4v) is 3.65. The van der Waals surface area contributed by atoms with E-state index in [2.05, 4.69) is 4.74 Å². The Morgan fingerprint density at radius 2 is 1.55 bits per heavy atom. The van der Waals surface area contributed by atoms with E-state index in [1.54, 1.807) is 0 Å². The van der Waals surface area contributed by atoms with Gasteiger partial charge >= 0.3 is 6.18 Å². The van der Waals surface area contributed by atoms with Crippen LogP contribution in [-0.4, -0.2) is 64.2 Å². The number of aliphatic hydroxyl groups excluding tert-OH is 4. The zero-order chi connectivity index (χ0) is 24.6. The van der Waals surface area contributed by atoms with E-state index in [0.717, 1.165) is 36.4 Å². The van der Waals surface area contributed by atoms with Crippen LogP contribution < -0.4 is 4.74 Å². The SMILES string of the molecule is OC[C@H]1O[C@@H](c2ccc(Cl)c(C(F)(F)c3ccc(OCC(F)(F)F)cc3)c2)[C@H](O)[C@@H](O)[C@@H]1O. The summed E-state index contributed by atoms with van der Waals surface area (Å²) in [4.78, 5) is 0. The van der Waals surface area contributed by atoms with Crippen molar-refractivity contribution in [3.8, 4) is 5.75 Å². The minimum absolute atomic E-state index is 0.00361. The molecule has 5 atom stereocenters.